The van der Waals surface area contributed by atoms with E-state index in [0.717, 1.165) is 0 Å². The van der Waals surface area contributed by atoms with Gasteiger partial charge >= 0.3 is 0 Å². The normalized spacial score (nSPS) is 49.3. The van der Waals surface area contributed by atoms with Gasteiger partial charge in [-0.2, -0.15) is 11.1 Å². The van der Waals surface area contributed by atoms with Crippen molar-refractivity contribution < 1.29 is 20.4 Å². The Morgan fingerprint density at radius 1 is 1.07 bits per heavy atom. The van der Waals surface area contributed by atoms with Crippen LogP contribution >= 0.6 is 0 Å². The number of aliphatic hydroxyl groups is 4. The Bertz CT molecular complexity index is 218. The smallest absolute Gasteiger partial charge is 0.118 e. The van der Waals surface area contributed by atoms with Crippen molar-refractivity contribution in [3.05, 3.63) is 0 Å². The molecule has 2 aliphatic rings. The highest BCUT2D eigenvalue weighted by molar-refractivity contribution is 4.98. The van der Waals surface area contributed by atoms with Crippen LogP contribution in [-0.4, -0.2) is 62.6 Å². The van der Waals surface area contributed by atoms with Crippen LogP contribution in [0.5, 0.6) is 0 Å². The minimum absolute atomic E-state index is 0.322. The van der Waals surface area contributed by atoms with Gasteiger partial charge in [0.05, 0.1) is 12.6 Å². The van der Waals surface area contributed by atoms with Crippen LogP contribution in [0.3, 0.4) is 0 Å². The highest BCUT2D eigenvalue weighted by Gasteiger charge is 2.49. The molecule has 5 atom stereocenters. The largest absolute Gasteiger partial charge is 0.395 e. The first-order valence-electron chi connectivity index (χ1n) is 4.36. The molecular weight excluding hydrogens is 192 g/mol. The second-order valence-corrected chi connectivity index (χ2v) is 3.45. The quantitative estimate of drug-likeness (QED) is 0.230. The zero-order valence-electron chi connectivity index (χ0n) is 7.33. The lowest BCUT2D eigenvalue weighted by Gasteiger charge is -2.43. The van der Waals surface area contributed by atoms with Crippen LogP contribution in [0.4, 0.5) is 0 Å². The Morgan fingerprint density at radius 3 is 2.43 bits per heavy atom. The van der Waals surface area contributed by atoms with E-state index in [2.05, 4.69) is 16.5 Å². The second kappa shape index (κ2) is 3.68. The highest BCUT2D eigenvalue weighted by atomic mass is 16.4. The number of aliphatic hydroxyl groups excluding tert-OH is 4. The van der Waals surface area contributed by atoms with Crippen LogP contribution in [0.25, 0.3) is 0 Å². The summed E-state index contributed by atoms with van der Waals surface area (Å²) in [5, 5.41) is 39.0. The van der Waals surface area contributed by atoms with Crippen molar-refractivity contribution in [3.8, 4) is 0 Å². The van der Waals surface area contributed by atoms with E-state index in [0.29, 0.717) is 0 Å². The molecule has 0 aliphatic carbocycles. The maximum absolute atomic E-state index is 9.56. The lowest BCUT2D eigenvalue weighted by atomic mass is 9.93. The van der Waals surface area contributed by atoms with Crippen LogP contribution in [0, 0.1) is 0 Å². The van der Waals surface area contributed by atoms with Crippen molar-refractivity contribution >= 4 is 0 Å². The van der Waals surface area contributed by atoms with Gasteiger partial charge in [-0.05, 0) is 0 Å². The maximum Gasteiger partial charge on any atom is 0.118 e. The van der Waals surface area contributed by atoms with Crippen molar-refractivity contribution in [2.45, 2.75) is 30.5 Å². The van der Waals surface area contributed by atoms with Crippen LogP contribution in [0.15, 0.2) is 0 Å². The van der Waals surface area contributed by atoms with Crippen LogP contribution in [0.2, 0.25) is 0 Å². The Balaban J connectivity index is 2.19. The van der Waals surface area contributed by atoms with E-state index in [4.69, 9.17) is 5.11 Å². The summed E-state index contributed by atoms with van der Waals surface area (Å²) < 4.78 is 0. The summed E-state index contributed by atoms with van der Waals surface area (Å²) in [5.41, 5.74) is 7.81. The third kappa shape index (κ3) is 1.33. The van der Waals surface area contributed by atoms with Gasteiger partial charge in [0.25, 0.3) is 0 Å². The molecule has 0 amide bonds. The van der Waals surface area contributed by atoms with Gasteiger partial charge < -0.3 is 20.4 Å². The molecule has 14 heavy (non-hydrogen) atoms. The SMILES string of the molecule is OC[C@@H]1[C@H](O)[C@H](O)[C@@H](O)C2NNNN21. The number of nitrogens with one attached hydrogen (secondary N) is 3. The Labute approximate surface area is 80.0 Å². The average molecular weight is 206 g/mol. The van der Waals surface area contributed by atoms with Gasteiger partial charge in [0.1, 0.15) is 24.5 Å². The lowest BCUT2D eigenvalue weighted by Crippen LogP contribution is -2.69. The first-order chi connectivity index (χ1) is 6.66. The summed E-state index contributed by atoms with van der Waals surface area (Å²) >= 11 is 0. The monoisotopic (exact) mass is 206 g/mol. The van der Waals surface area contributed by atoms with Gasteiger partial charge in [-0.3, -0.25) is 0 Å². The molecule has 0 spiro atoms. The number of rotatable bonds is 1. The number of nitrogens with zero attached hydrogens (tertiary/aromatic N) is 1. The van der Waals surface area contributed by atoms with E-state index >= 15 is 0 Å². The van der Waals surface area contributed by atoms with Crippen molar-refractivity contribution in [1.29, 1.82) is 0 Å². The van der Waals surface area contributed by atoms with Gasteiger partial charge in [-0.25, -0.2) is 10.4 Å². The number of hydrazine groups is 3. The fourth-order valence-corrected chi connectivity index (χ4v) is 1.83. The zero-order chi connectivity index (χ0) is 10.3. The Kier molecular flexibility index (Phi) is 2.68. The first kappa shape index (κ1) is 10.2. The van der Waals surface area contributed by atoms with Crippen molar-refractivity contribution in [1.82, 2.24) is 21.5 Å². The van der Waals surface area contributed by atoms with E-state index < -0.39 is 30.5 Å². The molecule has 0 aromatic rings. The first-order valence-corrected chi connectivity index (χ1v) is 4.36. The molecule has 0 aromatic carbocycles. The molecule has 0 aromatic heterocycles. The van der Waals surface area contributed by atoms with Crippen LogP contribution in [0.1, 0.15) is 0 Å². The second-order valence-electron chi connectivity index (χ2n) is 3.45. The molecule has 7 N–H and O–H groups in total. The van der Waals surface area contributed by atoms with Gasteiger partial charge in [-0.15, -0.1) is 0 Å². The molecule has 1 unspecified atom stereocenters. The number of fused-ring (bicyclic) bond motifs is 1. The van der Waals surface area contributed by atoms with Crippen LogP contribution < -0.4 is 16.5 Å². The molecule has 2 saturated heterocycles. The van der Waals surface area contributed by atoms with Gasteiger partial charge in [0.15, 0.2) is 0 Å². The van der Waals surface area contributed by atoms with E-state index in [1.54, 1.807) is 0 Å². The summed E-state index contributed by atoms with van der Waals surface area (Å²) in [6, 6.07) is -0.666. The lowest BCUT2D eigenvalue weighted by molar-refractivity contribution is -0.174. The predicted molar refractivity (Wildman–Crippen MR) is 43.9 cm³/mol. The Hall–Kier alpha value is -0.320. The van der Waals surface area contributed by atoms with E-state index in [-0.39, 0.29) is 6.61 Å². The molecule has 8 nitrogen and oxygen atoms in total. The van der Waals surface area contributed by atoms with Crippen LogP contribution in [-0.2, 0) is 0 Å². The third-order valence-corrected chi connectivity index (χ3v) is 2.67. The van der Waals surface area contributed by atoms with Crippen molar-refractivity contribution in [2.75, 3.05) is 6.61 Å². The Morgan fingerprint density at radius 2 is 1.79 bits per heavy atom. The summed E-state index contributed by atoms with van der Waals surface area (Å²) in [4.78, 5) is 0. The number of piperidine rings is 1. The summed E-state index contributed by atoms with van der Waals surface area (Å²) in [7, 11) is 0. The summed E-state index contributed by atoms with van der Waals surface area (Å²) in [6.45, 7) is -0.322. The van der Waals surface area contributed by atoms with Crippen molar-refractivity contribution in [3.63, 3.8) is 0 Å². The highest BCUT2D eigenvalue weighted by Crippen LogP contribution is 2.22. The van der Waals surface area contributed by atoms with Gasteiger partial charge in [0, 0.05) is 0 Å². The fourth-order valence-electron chi connectivity index (χ4n) is 1.83. The molecule has 0 bridgehead atoms. The molecule has 2 aliphatic heterocycles. The zero-order valence-corrected chi connectivity index (χ0v) is 7.33. The minimum Gasteiger partial charge on any atom is -0.395 e. The minimum atomic E-state index is -1.28. The predicted octanol–water partition coefficient (Wildman–Crippen LogP) is -4.40. The molecular formula is C6H14N4O4. The topological polar surface area (TPSA) is 120 Å². The molecule has 2 heterocycles. The van der Waals surface area contributed by atoms with E-state index in [9.17, 15) is 15.3 Å². The van der Waals surface area contributed by atoms with Crippen molar-refractivity contribution in [2.24, 2.45) is 0 Å². The average Bonchev–Trinajstić information content (AvgIpc) is 2.64. The maximum atomic E-state index is 9.56. The van der Waals surface area contributed by atoms with E-state index in [1.807, 2.05) is 0 Å². The number of hydrogen-bond acceptors (Lipinski definition) is 8. The van der Waals surface area contributed by atoms with Gasteiger partial charge in [0.2, 0.25) is 0 Å². The molecule has 2 rings (SSSR count). The van der Waals surface area contributed by atoms with Gasteiger partial charge in [-0.1, -0.05) is 0 Å². The molecule has 0 radical (unpaired) electrons. The third-order valence-electron chi connectivity index (χ3n) is 2.67. The standard InChI is InChI=1S/C6H14N4O4/c11-1-2-3(12)4(13)5(14)6-7-8-9-10(2)6/h2-9,11-14H,1H2/t2-,3+,4+,5-,6?/m1/s1. The summed E-state index contributed by atoms with van der Waals surface area (Å²) in [5.74, 6) is 0. The number of hydrogen-bond donors (Lipinski definition) is 7. The molecule has 8 heteroatoms. The molecule has 2 fully saturated rings. The summed E-state index contributed by atoms with van der Waals surface area (Å²) in [6.07, 6.45) is -4.18. The molecule has 82 valence electrons. The molecule has 0 saturated carbocycles. The fraction of sp³-hybridized carbons (Fsp3) is 1.00. The van der Waals surface area contributed by atoms with E-state index in [1.165, 1.54) is 5.01 Å².